The van der Waals surface area contributed by atoms with Crippen LogP contribution in [0.4, 0.5) is 11.8 Å². The van der Waals surface area contributed by atoms with E-state index in [1.165, 1.54) is 4.88 Å². The van der Waals surface area contributed by atoms with Crippen molar-refractivity contribution in [3.8, 4) is 0 Å². The zero-order valence-electron chi connectivity index (χ0n) is 12.0. The van der Waals surface area contributed by atoms with Crippen LogP contribution >= 0.6 is 11.3 Å². The molecule has 0 bridgehead atoms. The standard InChI is InChI=1S/C14H19N5OS/c1-10-12(21-9-17-10)7-16-14-15-5-4-13(19-14)18-11-3-2-6-20-8-11/h4-5,9,11H,2-3,6-8H2,1H3,(H2,15,16,18,19). The van der Waals surface area contributed by atoms with Gasteiger partial charge < -0.3 is 15.4 Å². The van der Waals surface area contributed by atoms with Crippen LogP contribution in [0.3, 0.4) is 0 Å². The zero-order chi connectivity index (χ0) is 14.5. The number of ether oxygens (including phenoxy) is 1. The molecule has 0 spiro atoms. The molecule has 21 heavy (non-hydrogen) atoms. The second-order valence-electron chi connectivity index (χ2n) is 5.04. The Balaban J connectivity index is 1.58. The number of hydrogen-bond donors (Lipinski definition) is 2. The van der Waals surface area contributed by atoms with Crippen molar-refractivity contribution in [3.05, 3.63) is 28.3 Å². The smallest absolute Gasteiger partial charge is 0.224 e. The number of anilines is 2. The number of aromatic nitrogens is 3. The van der Waals surface area contributed by atoms with E-state index in [-0.39, 0.29) is 0 Å². The van der Waals surface area contributed by atoms with E-state index in [9.17, 15) is 0 Å². The predicted molar refractivity (Wildman–Crippen MR) is 83.7 cm³/mol. The SMILES string of the molecule is Cc1ncsc1CNc1nccc(NC2CCCOC2)n1. The van der Waals surface area contributed by atoms with Crippen LogP contribution in [-0.2, 0) is 11.3 Å². The summed E-state index contributed by atoms with van der Waals surface area (Å²) in [4.78, 5) is 14.2. The Hall–Kier alpha value is -1.73. The second kappa shape index (κ2) is 6.82. The van der Waals surface area contributed by atoms with Gasteiger partial charge in [-0.15, -0.1) is 11.3 Å². The molecule has 0 amide bonds. The van der Waals surface area contributed by atoms with Crippen molar-refractivity contribution >= 4 is 23.1 Å². The molecule has 1 fully saturated rings. The van der Waals surface area contributed by atoms with Gasteiger partial charge in [0.25, 0.3) is 0 Å². The summed E-state index contributed by atoms with van der Waals surface area (Å²) < 4.78 is 5.47. The molecule has 7 heteroatoms. The van der Waals surface area contributed by atoms with Crippen molar-refractivity contribution in [1.82, 2.24) is 15.0 Å². The van der Waals surface area contributed by atoms with E-state index in [1.807, 2.05) is 18.5 Å². The lowest BCUT2D eigenvalue weighted by Gasteiger charge is -2.23. The summed E-state index contributed by atoms with van der Waals surface area (Å²) in [6, 6.07) is 2.22. The molecule has 3 rings (SSSR count). The molecule has 0 saturated carbocycles. The summed E-state index contributed by atoms with van der Waals surface area (Å²) in [6.07, 6.45) is 3.98. The van der Waals surface area contributed by atoms with Crippen LogP contribution in [-0.4, -0.2) is 34.2 Å². The third kappa shape index (κ3) is 3.89. The van der Waals surface area contributed by atoms with Crippen LogP contribution in [0.25, 0.3) is 0 Å². The molecule has 1 unspecified atom stereocenters. The minimum absolute atomic E-state index is 0.338. The molecule has 2 aromatic rings. The lowest BCUT2D eigenvalue weighted by atomic mass is 10.1. The van der Waals surface area contributed by atoms with E-state index in [0.717, 1.165) is 37.6 Å². The van der Waals surface area contributed by atoms with Gasteiger partial charge in [0.15, 0.2) is 0 Å². The molecular weight excluding hydrogens is 286 g/mol. The van der Waals surface area contributed by atoms with Crippen LogP contribution < -0.4 is 10.6 Å². The Bertz CT molecular complexity index is 582. The van der Waals surface area contributed by atoms with Gasteiger partial charge in [-0.2, -0.15) is 4.98 Å². The molecule has 2 N–H and O–H groups in total. The average Bonchev–Trinajstić information content (AvgIpc) is 2.92. The third-order valence-electron chi connectivity index (χ3n) is 3.42. The zero-order valence-corrected chi connectivity index (χ0v) is 12.8. The van der Waals surface area contributed by atoms with Crippen molar-refractivity contribution in [2.75, 3.05) is 23.8 Å². The summed E-state index contributed by atoms with van der Waals surface area (Å²) in [5.41, 5.74) is 2.91. The van der Waals surface area contributed by atoms with Gasteiger partial charge in [-0.05, 0) is 25.8 Å². The van der Waals surface area contributed by atoms with Gasteiger partial charge in [-0.1, -0.05) is 0 Å². The summed E-state index contributed by atoms with van der Waals surface area (Å²) in [5.74, 6) is 1.47. The first-order valence-electron chi connectivity index (χ1n) is 7.11. The minimum Gasteiger partial charge on any atom is -0.379 e. The molecule has 112 valence electrons. The first-order chi connectivity index (χ1) is 10.3. The van der Waals surface area contributed by atoms with Crippen LogP contribution in [0.5, 0.6) is 0 Å². The van der Waals surface area contributed by atoms with E-state index in [4.69, 9.17) is 4.74 Å². The maximum atomic E-state index is 5.47. The van der Waals surface area contributed by atoms with E-state index in [1.54, 1.807) is 17.5 Å². The Morgan fingerprint density at radius 2 is 2.38 bits per heavy atom. The highest BCUT2D eigenvalue weighted by molar-refractivity contribution is 7.09. The third-order valence-corrected chi connectivity index (χ3v) is 4.35. The molecule has 1 aliphatic heterocycles. The van der Waals surface area contributed by atoms with Crippen LogP contribution in [0.15, 0.2) is 17.8 Å². The summed E-state index contributed by atoms with van der Waals surface area (Å²) in [7, 11) is 0. The fourth-order valence-corrected chi connectivity index (χ4v) is 2.96. The van der Waals surface area contributed by atoms with Gasteiger partial charge in [0, 0.05) is 17.7 Å². The highest BCUT2D eigenvalue weighted by Crippen LogP contribution is 2.16. The predicted octanol–water partition coefficient (Wildman–Crippen LogP) is 2.44. The highest BCUT2D eigenvalue weighted by Gasteiger charge is 2.14. The number of thiazole rings is 1. The minimum atomic E-state index is 0.338. The van der Waals surface area contributed by atoms with E-state index in [2.05, 4.69) is 25.6 Å². The van der Waals surface area contributed by atoms with Crippen LogP contribution in [0, 0.1) is 6.92 Å². The van der Waals surface area contributed by atoms with Crippen LogP contribution in [0.2, 0.25) is 0 Å². The van der Waals surface area contributed by atoms with Crippen molar-refractivity contribution < 1.29 is 4.74 Å². The molecule has 2 aromatic heterocycles. The number of hydrogen-bond acceptors (Lipinski definition) is 7. The topological polar surface area (TPSA) is 72.0 Å². The molecule has 1 aliphatic rings. The molecule has 0 aromatic carbocycles. The molecule has 0 radical (unpaired) electrons. The maximum absolute atomic E-state index is 5.47. The number of nitrogens with zero attached hydrogens (tertiary/aromatic N) is 3. The van der Waals surface area contributed by atoms with Gasteiger partial charge >= 0.3 is 0 Å². The fourth-order valence-electron chi connectivity index (χ4n) is 2.24. The number of rotatable bonds is 5. The monoisotopic (exact) mass is 305 g/mol. The number of aryl methyl sites for hydroxylation is 1. The first-order valence-corrected chi connectivity index (χ1v) is 7.99. The number of nitrogens with one attached hydrogen (secondary N) is 2. The van der Waals surface area contributed by atoms with Crippen molar-refractivity contribution in [2.45, 2.75) is 32.4 Å². The van der Waals surface area contributed by atoms with Crippen molar-refractivity contribution in [1.29, 1.82) is 0 Å². The lowest BCUT2D eigenvalue weighted by Crippen LogP contribution is -2.30. The quantitative estimate of drug-likeness (QED) is 0.884. The molecular formula is C14H19N5OS. The second-order valence-corrected chi connectivity index (χ2v) is 5.98. The fraction of sp³-hybridized carbons (Fsp3) is 0.500. The van der Waals surface area contributed by atoms with E-state index >= 15 is 0 Å². The highest BCUT2D eigenvalue weighted by atomic mass is 32.1. The normalized spacial score (nSPS) is 18.4. The first kappa shape index (κ1) is 14.2. The Morgan fingerprint density at radius 1 is 1.43 bits per heavy atom. The molecule has 0 aliphatic carbocycles. The Morgan fingerprint density at radius 3 is 3.14 bits per heavy atom. The summed E-state index contributed by atoms with van der Waals surface area (Å²) in [5, 5.41) is 6.64. The Labute approximate surface area is 128 Å². The van der Waals surface area contributed by atoms with Gasteiger partial charge in [-0.25, -0.2) is 9.97 Å². The van der Waals surface area contributed by atoms with Gasteiger partial charge in [0.05, 0.1) is 30.4 Å². The summed E-state index contributed by atoms with van der Waals surface area (Å²) >= 11 is 1.64. The maximum Gasteiger partial charge on any atom is 0.224 e. The van der Waals surface area contributed by atoms with Crippen molar-refractivity contribution in [2.24, 2.45) is 0 Å². The summed E-state index contributed by atoms with van der Waals surface area (Å²) in [6.45, 7) is 4.32. The molecule has 1 atom stereocenters. The average molecular weight is 305 g/mol. The van der Waals surface area contributed by atoms with Gasteiger partial charge in [0.2, 0.25) is 5.95 Å². The molecule has 6 nitrogen and oxygen atoms in total. The van der Waals surface area contributed by atoms with Crippen LogP contribution in [0.1, 0.15) is 23.4 Å². The van der Waals surface area contributed by atoms with Crippen molar-refractivity contribution in [3.63, 3.8) is 0 Å². The van der Waals surface area contributed by atoms with Gasteiger partial charge in [-0.3, -0.25) is 0 Å². The van der Waals surface area contributed by atoms with Gasteiger partial charge in [0.1, 0.15) is 5.82 Å². The largest absolute Gasteiger partial charge is 0.379 e. The van der Waals surface area contributed by atoms with E-state index in [0.29, 0.717) is 18.5 Å². The molecule has 3 heterocycles. The van der Waals surface area contributed by atoms with E-state index < -0.39 is 0 Å². The molecule has 1 saturated heterocycles. The Kier molecular flexibility index (Phi) is 4.62. The lowest BCUT2D eigenvalue weighted by molar-refractivity contribution is 0.0875.